The van der Waals surface area contributed by atoms with Gasteiger partial charge in [0.15, 0.2) is 12.6 Å². The highest BCUT2D eigenvalue weighted by atomic mass is 15.1. The van der Waals surface area contributed by atoms with Crippen molar-refractivity contribution < 1.29 is 0 Å². The Morgan fingerprint density at radius 2 is 2.62 bits per heavy atom. The molecule has 80 valence electrons. The molecule has 2 heterocycles. The highest BCUT2D eigenvalue weighted by molar-refractivity contribution is 5.84. The van der Waals surface area contributed by atoms with Crippen LogP contribution in [0.1, 0.15) is 17.3 Å². The molecule has 1 atom stereocenters. The van der Waals surface area contributed by atoms with Crippen molar-refractivity contribution in [1.29, 1.82) is 5.41 Å². The number of aliphatic imine (C=N–C) groups is 2. The Kier molecular flexibility index (Phi) is 2.62. The van der Waals surface area contributed by atoms with Crippen molar-refractivity contribution >= 4 is 19.0 Å². The zero-order chi connectivity index (χ0) is 11.5. The predicted octanol–water partition coefficient (Wildman–Crippen LogP) is 0.846. The number of fused-ring (bicyclic) bond motifs is 1. The fraction of sp³-hybridized carbons (Fsp3) is 0.200. The number of nitrogens with two attached hydrogens (primary N) is 1. The second-order valence-corrected chi connectivity index (χ2v) is 3.26. The molecule has 0 aromatic carbocycles. The summed E-state index contributed by atoms with van der Waals surface area (Å²) in [5.41, 5.74) is 7.55. The van der Waals surface area contributed by atoms with E-state index in [1.165, 1.54) is 6.34 Å². The Morgan fingerprint density at radius 3 is 3.38 bits per heavy atom. The number of nitrogens with one attached hydrogen (secondary N) is 1. The predicted molar refractivity (Wildman–Crippen MR) is 63.5 cm³/mol. The Hall–Kier alpha value is -2.26. The van der Waals surface area contributed by atoms with Crippen LogP contribution >= 0.6 is 0 Å². The van der Waals surface area contributed by atoms with Crippen molar-refractivity contribution in [1.82, 2.24) is 4.57 Å². The largest absolute Gasteiger partial charge is 0.384 e. The van der Waals surface area contributed by atoms with E-state index in [2.05, 4.69) is 27.6 Å². The Morgan fingerprint density at radius 1 is 1.81 bits per heavy atom. The molecule has 0 amide bonds. The maximum absolute atomic E-state index is 7.62. The first-order valence-corrected chi connectivity index (χ1v) is 4.69. The topological polar surface area (TPSA) is 83.9 Å². The number of aromatic nitrogens is 1. The molecule has 1 aliphatic heterocycles. The molecule has 2 rings (SSSR count). The van der Waals surface area contributed by atoms with Crippen LogP contribution in [0.25, 0.3) is 4.85 Å². The summed E-state index contributed by atoms with van der Waals surface area (Å²) < 4.78 is 1.60. The van der Waals surface area contributed by atoms with Gasteiger partial charge < -0.3 is 5.73 Å². The fourth-order valence-electron chi connectivity index (χ4n) is 1.56. The number of nitrogens with zero attached hydrogens (tertiary/aromatic N) is 4. The van der Waals surface area contributed by atoms with E-state index in [4.69, 9.17) is 11.1 Å². The summed E-state index contributed by atoms with van der Waals surface area (Å²) in [5, 5.41) is 7.62. The molecule has 1 aliphatic rings. The third-order valence-corrected chi connectivity index (χ3v) is 2.33. The maximum atomic E-state index is 7.62. The van der Waals surface area contributed by atoms with Crippen molar-refractivity contribution in [2.45, 2.75) is 12.6 Å². The summed E-state index contributed by atoms with van der Waals surface area (Å²) in [7, 11) is 0. The average Bonchev–Trinajstić information content (AvgIpc) is 2.68. The van der Waals surface area contributed by atoms with Crippen LogP contribution in [0.15, 0.2) is 22.2 Å². The maximum Gasteiger partial charge on any atom is 0.384 e. The molecule has 0 saturated heterocycles. The van der Waals surface area contributed by atoms with Crippen LogP contribution in [0, 0.1) is 11.5 Å². The molecule has 1 aromatic heterocycles. The van der Waals surface area contributed by atoms with E-state index in [1.54, 1.807) is 10.8 Å². The zero-order valence-electron chi connectivity index (χ0n) is 8.59. The minimum atomic E-state index is -0.402. The molecule has 0 spiro atoms. The van der Waals surface area contributed by atoms with Gasteiger partial charge in [0.05, 0.1) is 5.69 Å². The Labute approximate surface area is 92.5 Å². The second-order valence-electron chi connectivity index (χ2n) is 3.26. The van der Waals surface area contributed by atoms with Crippen molar-refractivity contribution in [3.63, 3.8) is 0 Å². The van der Waals surface area contributed by atoms with Gasteiger partial charge in [0, 0.05) is 11.8 Å². The molecule has 0 aliphatic carbocycles. The summed E-state index contributed by atoms with van der Waals surface area (Å²) in [5.74, 6) is 0.0566. The molecule has 3 N–H and O–H groups in total. The highest BCUT2D eigenvalue weighted by Gasteiger charge is 2.20. The van der Waals surface area contributed by atoms with E-state index in [-0.39, 0.29) is 5.96 Å². The van der Waals surface area contributed by atoms with Crippen LogP contribution in [0.3, 0.4) is 0 Å². The van der Waals surface area contributed by atoms with Gasteiger partial charge in [-0.2, -0.15) is 4.85 Å². The van der Waals surface area contributed by atoms with Gasteiger partial charge in [-0.25, -0.2) is 4.99 Å². The van der Waals surface area contributed by atoms with Gasteiger partial charge >= 0.3 is 6.34 Å². The minimum Gasteiger partial charge on any atom is -0.310 e. The second kappa shape index (κ2) is 4.08. The molecule has 0 saturated carbocycles. The van der Waals surface area contributed by atoms with E-state index in [1.807, 2.05) is 6.07 Å². The SMILES string of the molecule is C=NC(=N)n1ccc2c1CN=C[N+]#CC2N. The van der Waals surface area contributed by atoms with Gasteiger partial charge in [0.1, 0.15) is 6.04 Å². The van der Waals surface area contributed by atoms with Gasteiger partial charge in [-0.1, -0.05) is 4.99 Å². The quantitative estimate of drug-likeness (QED) is 0.488. The lowest BCUT2D eigenvalue weighted by atomic mass is 10.1. The summed E-state index contributed by atoms with van der Waals surface area (Å²) >= 11 is 0. The lowest BCUT2D eigenvalue weighted by Gasteiger charge is -2.06. The van der Waals surface area contributed by atoms with Crippen molar-refractivity contribution in [3.8, 4) is 6.07 Å². The molecular weight excluding hydrogens is 204 g/mol. The molecular formula is C10H11N6+. The summed E-state index contributed by atoms with van der Waals surface area (Å²) in [4.78, 5) is 11.5. The lowest BCUT2D eigenvalue weighted by molar-refractivity contribution is 0.860. The number of rotatable bonds is 0. The van der Waals surface area contributed by atoms with Crippen LogP contribution in [0.5, 0.6) is 0 Å². The summed E-state index contributed by atoms with van der Waals surface area (Å²) in [6.45, 7) is 3.74. The molecule has 0 fully saturated rings. The Bertz CT molecular complexity index is 527. The number of hydrogen-bond donors (Lipinski definition) is 2. The third-order valence-electron chi connectivity index (χ3n) is 2.33. The van der Waals surface area contributed by atoms with Crippen LogP contribution < -0.4 is 5.73 Å². The van der Waals surface area contributed by atoms with Gasteiger partial charge in [-0.05, 0) is 12.8 Å². The van der Waals surface area contributed by atoms with Crippen LogP contribution in [0.2, 0.25) is 0 Å². The first kappa shape index (κ1) is 10.3. The van der Waals surface area contributed by atoms with Crippen molar-refractivity contribution in [3.05, 3.63) is 28.4 Å². The van der Waals surface area contributed by atoms with Crippen LogP contribution in [-0.4, -0.2) is 23.6 Å². The molecule has 6 heteroatoms. The standard InChI is InChI=1S/C10H11N6/c1-13-10(12)16-3-2-7-8(11)4-14-6-15-5-9(7)16/h2-3,6,8,12H,1,5,11H2/q+1. The smallest absolute Gasteiger partial charge is 0.310 e. The van der Waals surface area contributed by atoms with Crippen LogP contribution in [-0.2, 0) is 6.54 Å². The Balaban J connectivity index is 2.53. The molecule has 1 unspecified atom stereocenters. The number of hydrogen-bond acceptors (Lipinski definition) is 3. The van der Waals surface area contributed by atoms with Gasteiger partial charge in [-0.15, -0.1) is 0 Å². The molecule has 6 nitrogen and oxygen atoms in total. The van der Waals surface area contributed by atoms with Crippen molar-refractivity contribution in [2.24, 2.45) is 15.7 Å². The van der Waals surface area contributed by atoms with E-state index in [0.717, 1.165) is 11.3 Å². The van der Waals surface area contributed by atoms with Crippen molar-refractivity contribution in [2.75, 3.05) is 0 Å². The van der Waals surface area contributed by atoms with E-state index in [9.17, 15) is 0 Å². The monoisotopic (exact) mass is 215 g/mol. The highest BCUT2D eigenvalue weighted by Crippen LogP contribution is 2.19. The van der Waals surface area contributed by atoms with Crippen LogP contribution in [0.4, 0.5) is 0 Å². The first-order chi connectivity index (χ1) is 7.74. The van der Waals surface area contributed by atoms with Gasteiger partial charge in [-0.3, -0.25) is 9.98 Å². The molecule has 1 aromatic rings. The lowest BCUT2D eigenvalue weighted by Crippen LogP contribution is -2.15. The first-order valence-electron chi connectivity index (χ1n) is 4.69. The molecule has 0 bridgehead atoms. The molecule has 16 heavy (non-hydrogen) atoms. The average molecular weight is 215 g/mol. The zero-order valence-corrected chi connectivity index (χ0v) is 8.59. The molecule has 0 radical (unpaired) electrons. The third kappa shape index (κ3) is 1.64. The fourth-order valence-corrected chi connectivity index (χ4v) is 1.56. The summed E-state index contributed by atoms with van der Waals surface area (Å²) in [6, 6.07) is 4.15. The van der Waals surface area contributed by atoms with Gasteiger partial charge in [0.2, 0.25) is 5.96 Å². The van der Waals surface area contributed by atoms with Gasteiger partial charge in [0.25, 0.3) is 0 Å². The van der Waals surface area contributed by atoms with E-state index in [0.29, 0.717) is 6.54 Å². The van der Waals surface area contributed by atoms with E-state index < -0.39 is 6.04 Å². The summed E-state index contributed by atoms with van der Waals surface area (Å²) in [6.07, 6.45) is 3.13. The van der Waals surface area contributed by atoms with E-state index >= 15 is 0 Å². The normalized spacial score (nSPS) is 17.7. The minimum absolute atomic E-state index is 0.0566.